The summed E-state index contributed by atoms with van der Waals surface area (Å²) in [7, 11) is 0. The molecule has 16 heavy (non-hydrogen) atoms. The monoisotopic (exact) mass is 220 g/mol. The number of hydrogen-bond donors (Lipinski definition) is 1. The Morgan fingerprint density at radius 2 is 2.12 bits per heavy atom. The summed E-state index contributed by atoms with van der Waals surface area (Å²) in [6, 6.07) is 7.74. The van der Waals surface area contributed by atoms with Crippen LogP contribution in [0.5, 0.6) is 5.75 Å². The van der Waals surface area contributed by atoms with E-state index in [1.54, 1.807) is 0 Å². The second-order valence-corrected chi connectivity index (χ2v) is 4.57. The van der Waals surface area contributed by atoms with Crippen LogP contribution in [-0.2, 0) is 4.74 Å². The summed E-state index contributed by atoms with van der Waals surface area (Å²) < 4.78 is 11.3. The lowest BCUT2D eigenvalue weighted by Crippen LogP contribution is -2.33. The summed E-state index contributed by atoms with van der Waals surface area (Å²) in [4.78, 5) is 0. The quantitative estimate of drug-likeness (QED) is 0.785. The van der Waals surface area contributed by atoms with Crippen molar-refractivity contribution >= 4 is 0 Å². The number of rotatable bonds is 1. The molecule has 0 radical (unpaired) electrons. The highest BCUT2D eigenvalue weighted by atomic mass is 16.5. The molecular formula is C13H16O3. The number of aliphatic hydroxyl groups is 1. The lowest BCUT2D eigenvalue weighted by atomic mass is 9.91. The van der Waals surface area contributed by atoms with E-state index < -0.39 is 6.10 Å². The van der Waals surface area contributed by atoms with Gasteiger partial charge in [-0.3, -0.25) is 0 Å². The molecule has 2 aliphatic heterocycles. The van der Waals surface area contributed by atoms with Gasteiger partial charge in [0.25, 0.3) is 0 Å². The Morgan fingerprint density at radius 1 is 1.25 bits per heavy atom. The summed E-state index contributed by atoms with van der Waals surface area (Å²) in [6.07, 6.45) is 1.44. The van der Waals surface area contributed by atoms with E-state index in [-0.39, 0.29) is 6.10 Å². The van der Waals surface area contributed by atoms with Crippen LogP contribution in [0.2, 0.25) is 0 Å². The minimum absolute atomic E-state index is 0.104. The smallest absolute Gasteiger partial charge is 0.125 e. The lowest BCUT2D eigenvalue weighted by molar-refractivity contribution is 0.0302. The predicted octanol–water partition coefficient (Wildman–Crippen LogP) is 1.91. The normalized spacial score (nSPS) is 33.2. The SMILES string of the molecule is OC1CC(C2CCOC2)Oc2ccccc21. The Bertz CT molecular complexity index is 371. The van der Waals surface area contributed by atoms with Crippen molar-refractivity contribution in [1.82, 2.24) is 0 Å². The fourth-order valence-electron chi connectivity index (χ4n) is 2.56. The summed E-state index contributed by atoms with van der Waals surface area (Å²) in [6.45, 7) is 1.59. The molecular weight excluding hydrogens is 204 g/mol. The molecule has 0 aliphatic carbocycles. The van der Waals surface area contributed by atoms with E-state index in [4.69, 9.17) is 9.47 Å². The van der Waals surface area contributed by atoms with E-state index in [9.17, 15) is 5.11 Å². The molecule has 0 aromatic heterocycles. The van der Waals surface area contributed by atoms with Crippen molar-refractivity contribution in [2.45, 2.75) is 25.0 Å². The van der Waals surface area contributed by atoms with Crippen LogP contribution in [0.3, 0.4) is 0 Å². The van der Waals surface area contributed by atoms with E-state index >= 15 is 0 Å². The Kier molecular flexibility index (Phi) is 2.58. The molecule has 3 atom stereocenters. The minimum Gasteiger partial charge on any atom is -0.490 e. The molecule has 1 saturated heterocycles. The lowest BCUT2D eigenvalue weighted by Gasteiger charge is -2.32. The fraction of sp³-hybridized carbons (Fsp3) is 0.538. The second kappa shape index (κ2) is 4.07. The van der Waals surface area contributed by atoms with Crippen molar-refractivity contribution in [3.05, 3.63) is 29.8 Å². The van der Waals surface area contributed by atoms with Crippen molar-refractivity contribution in [2.75, 3.05) is 13.2 Å². The molecule has 3 heteroatoms. The molecule has 3 nitrogen and oxygen atoms in total. The van der Waals surface area contributed by atoms with Gasteiger partial charge >= 0.3 is 0 Å². The average Bonchev–Trinajstić information content (AvgIpc) is 2.82. The van der Waals surface area contributed by atoms with Crippen LogP contribution in [0, 0.1) is 5.92 Å². The topological polar surface area (TPSA) is 38.7 Å². The van der Waals surface area contributed by atoms with Crippen LogP contribution >= 0.6 is 0 Å². The molecule has 0 amide bonds. The zero-order chi connectivity index (χ0) is 11.0. The highest BCUT2D eigenvalue weighted by Gasteiger charge is 2.34. The van der Waals surface area contributed by atoms with Crippen molar-refractivity contribution in [3.63, 3.8) is 0 Å². The fourth-order valence-corrected chi connectivity index (χ4v) is 2.56. The first kappa shape index (κ1) is 10.1. The maximum absolute atomic E-state index is 10.1. The van der Waals surface area contributed by atoms with Gasteiger partial charge in [-0.1, -0.05) is 18.2 Å². The van der Waals surface area contributed by atoms with Crippen molar-refractivity contribution < 1.29 is 14.6 Å². The summed E-state index contributed by atoms with van der Waals surface area (Å²) in [5, 5.41) is 10.1. The Labute approximate surface area is 95.0 Å². The Hall–Kier alpha value is -1.06. The molecule has 3 rings (SSSR count). The molecule has 2 aliphatic rings. The summed E-state index contributed by atoms with van der Waals surface area (Å²) in [5.74, 6) is 1.26. The first-order valence-corrected chi connectivity index (χ1v) is 5.86. The van der Waals surface area contributed by atoms with Gasteiger partial charge in [-0.25, -0.2) is 0 Å². The van der Waals surface area contributed by atoms with Crippen LogP contribution in [0.15, 0.2) is 24.3 Å². The van der Waals surface area contributed by atoms with Crippen LogP contribution in [0.25, 0.3) is 0 Å². The molecule has 1 aromatic carbocycles. The first-order chi connectivity index (χ1) is 7.84. The minimum atomic E-state index is -0.393. The van der Waals surface area contributed by atoms with Crippen molar-refractivity contribution in [3.8, 4) is 5.75 Å². The van der Waals surface area contributed by atoms with Gasteiger partial charge in [-0.2, -0.15) is 0 Å². The highest BCUT2D eigenvalue weighted by Crippen LogP contribution is 2.38. The number of para-hydroxylation sites is 1. The van der Waals surface area contributed by atoms with E-state index in [2.05, 4.69) is 0 Å². The van der Waals surface area contributed by atoms with E-state index in [0.717, 1.165) is 30.9 Å². The van der Waals surface area contributed by atoms with E-state index in [0.29, 0.717) is 12.3 Å². The maximum Gasteiger partial charge on any atom is 0.125 e. The average molecular weight is 220 g/mol. The van der Waals surface area contributed by atoms with E-state index in [1.807, 2.05) is 24.3 Å². The molecule has 86 valence electrons. The number of benzene rings is 1. The zero-order valence-corrected chi connectivity index (χ0v) is 9.13. The molecule has 0 saturated carbocycles. The van der Waals surface area contributed by atoms with Gasteiger partial charge in [0, 0.05) is 24.5 Å². The standard InChI is InChI=1S/C13H16O3/c14-11-7-13(9-5-6-15-8-9)16-12-4-2-1-3-10(11)12/h1-4,9,11,13-14H,5-8H2. The van der Waals surface area contributed by atoms with Crippen LogP contribution in [0.1, 0.15) is 24.5 Å². The van der Waals surface area contributed by atoms with Gasteiger partial charge in [-0.05, 0) is 12.5 Å². The molecule has 1 aromatic rings. The van der Waals surface area contributed by atoms with Crippen LogP contribution in [0.4, 0.5) is 0 Å². The van der Waals surface area contributed by atoms with Gasteiger partial charge in [0.1, 0.15) is 11.9 Å². The number of fused-ring (bicyclic) bond motifs is 1. The highest BCUT2D eigenvalue weighted by molar-refractivity contribution is 5.37. The van der Waals surface area contributed by atoms with Crippen molar-refractivity contribution in [2.24, 2.45) is 5.92 Å². The van der Waals surface area contributed by atoms with E-state index in [1.165, 1.54) is 0 Å². The van der Waals surface area contributed by atoms with Gasteiger partial charge in [0.05, 0.1) is 12.7 Å². The molecule has 3 unspecified atom stereocenters. The largest absolute Gasteiger partial charge is 0.490 e. The maximum atomic E-state index is 10.1. The van der Waals surface area contributed by atoms with Gasteiger partial charge in [0.2, 0.25) is 0 Å². The second-order valence-electron chi connectivity index (χ2n) is 4.57. The van der Waals surface area contributed by atoms with Crippen molar-refractivity contribution in [1.29, 1.82) is 0 Å². The third-order valence-corrected chi connectivity index (χ3v) is 3.50. The predicted molar refractivity (Wildman–Crippen MR) is 59.4 cm³/mol. The Morgan fingerprint density at radius 3 is 2.94 bits per heavy atom. The zero-order valence-electron chi connectivity index (χ0n) is 9.13. The van der Waals surface area contributed by atoms with Crippen LogP contribution in [-0.4, -0.2) is 24.4 Å². The van der Waals surface area contributed by atoms with Crippen LogP contribution < -0.4 is 4.74 Å². The van der Waals surface area contributed by atoms with Gasteiger partial charge < -0.3 is 14.6 Å². The third kappa shape index (κ3) is 1.70. The molecule has 1 N–H and O–H groups in total. The number of hydrogen-bond acceptors (Lipinski definition) is 3. The third-order valence-electron chi connectivity index (χ3n) is 3.50. The van der Waals surface area contributed by atoms with Gasteiger partial charge in [-0.15, -0.1) is 0 Å². The molecule has 1 fully saturated rings. The molecule has 2 heterocycles. The number of aliphatic hydroxyl groups excluding tert-OH is 1. The van der Waals surface area contributed by atoms with Gasteiger partial charge in [0.15, 0.2) is 0 Å². The summed E-state index contributed by atoms with van der Waals surface area (Å²) >= 11 is 0. The summed E-state index contributed by atoms with van der Waals surface area (Å²) in [5.41, 5.74) is 0.915. The number of ether oxygens (including phenoxy) is 2. The first-order valence-electron chi connectivity index (χ1n) is 5.86. The molecule has 0 spiro atoms. The molecule has 0 bridgehead atoms. The Balaban J connectivity index is 1.83.